The zero-order valence-electron chi connectivity index (χ0n) is 12.2. The lowest BCUT2D eigenvalue weighted by Crippen LogP contribution is -2.45. The fourth-order valence-electron chi connectivity index (χ4n) is 2.09. The number of carbonyl (C=O) groups excluding carboxylic acids is 1. The second-order valence-electron chi connectivity index (χ2n) is 6.39. The van der Waals surface area contributed by atoms with Crippen LogP contribution in [0.25, 0.3) is 0 Å². The molecule has 0 aromatic heterocycles. The lowest BCUT2D eigenvalue weighted by atomic mass is 10.0. The monoisotopic (exact) mass is 305 g/mol. The van der Waals surface area contributed by atoms with Crippen LogP contribution < -0.4 is 5.32 Å². The van der Waals surface area contributed by atoms with Crippen molar-refractivity contribution in [1.29, 1.82) is 0 Å². The largest absolute Gasteiger partial charge is 0.481 e. The highest BCUT2D eigenvalue weighted by molar-refractivity contribution is 7.92. The first-order valence-corrected chi connectivity index (χ1v) is 8.55. The number of rotatable bonds is 8. The van der Waals surface area contributed by atoms with Crippen molar-refractivity contribution in [2.75, 3.05) is 11.5 Å². The molecular weight excluding hydrogens is 282 g/mol. The average molecular weight is 305 g/mol. The molecule has 0 bridgehead atoms. The summed E-state index contributed by atoms with van der Waals surface area (Å²) in [5.41, 5.74) is -1.09. The fourth-order valence-corrected chi connectivity index (χ4v) is 3.99. The number of carboxylic acids is 1. The third-order valence-electron chi connectivity index (χ3n) is 3.72. The third kappa shape index (κ3) is 5.48. The molecule has 1 rings (SSSR count). The molecule has 1 fully saturated rings. The topological polar surface area (TPSA) is 101 Å². The van der Waals surface area contributed by atoms with Crippen LogP contribution in [0.4, 0.5) is 0 Å². The molecule has 0 radical (unpaired) electrons. The molecule has 0 spiro atoms. The van der Waals surface area contributed by atoms with Crippen molar-refractivity contribution in [3.8, 4) is 0 Å². The van der Waals surface area contributed by atoms with Gasteiger partial charge in [0, 0.05) is 5.54 Å². The van der Waals surface area contributed by atoms with E-state index in [4.69, 9.17) is 5.11 Å². The van der Waals surface area contributed by atoms with E-state index in [9.17, 15) is 18.0 Å². The molecule has 0 aromatic carbocycles. The molecule has 6 nitrogen and oxygen atoms in total. The van der Waals surface area contributed by atoms with Crippen LogP contribution in [0.5, 0.6) is 0 Å². The molecule has 0 heterocycles. The van der Waals surface area contributed by atoms with E-state index < -0.39 is 38.4 Å². The Bertz CT molecular complexity index is 491. The number of carbonyl (C=O) groups is 2. The summed E-state index contributed by atoms with van der Waals surface area (Å²) in [4.78, 5) is 22.5. The predicted octanol–water partition coefficient (Wildman–Crippen LogP) is 0.961. The quantitative estimate of drug-likeness (QED) is 0.695. The van der Waals surface area contributed by atoms with E-state index in [0.29, 0.717) is 19.3 Å². The minimum Gasteiger partial charge on any atom is -0.481 e. The van der Waals surface area contributed by atoms with Crippen molar-refractivity contribution in [2.24, 2.45) is 5.41 Å². The minimum atomic E-state index is -3.58. The first-order chi connectivity index (χ1) is 8.99. The second kappa shape index (κ2) is 5.71. The maximum Gasteiger partial charge on any atom is 0.303 e. The lowest BCUT2D eigenvalue weighted by molar-refractivity contribution is -0.138. The number of nitrogens with one attached hydrogen (secondary N) is 1. The van der Waals surface area contributed by atoms with Gasteiger partial charge in [0.05, 0.1) is 12.2 Å². The van der Waals surface area contributed by atoms with Crippen LogP contribution in [0.15, 0.2) is 0 Å². The second-order valence-corrected chi connectivity index (χ2v) is 8.45. The Hall–Kier alpha value is -1.11. The normalized spacial score (nSPS) is 17.6. The summed E-state index contributed by atoms with van der Waals surface area (Å²) in [6.07, 6.45) is 1.75. The van der Waals surface area contributed by atoms with Gasteiger partial charge in [0.1, 0.15) is 5.75 Å². The first kappa shape index (κ1) is 16.9. The van der Waals surface area contributed by atoms with Gasteiger partial charge in [0.25, 0.3) is 0 Å². The maximum atomic E-state index is 12.0. The van der Waals surface area contributed by atoms with Crippen LogP contribution in [0, 0.1) is 5.41 Å². The fraction of sp³-hybridized carbons (Fsp3) is 0.846. The summed E-state index contributed by atoms with van der Waals surface area (Å²) in [6.45, 7) is 5.55. The van der Waals surface area contributed by atoms with Crippen molar-refractivity contribution in [3.05, 3.63) is 0 Å². The van der Waals surface area contributed by atoms with Crippen molar-refractivity contribution >= 4 is 21.7 Å². The Morgan fingerprint density at radius 3 is 2.25 bits per heavy atom. The molecule has 0 saturated heterocycles. The highest BCUT2D eigenvalue weighted by Gasteiger charge is 2.47. The van der Waals surface area contributed by atoms with Gasteiger partial charge < -0.3 is 10.4 Å². The molecule has 1 saturated carbocycles. The van der Waals surface area contributed by atoms with Gasteiger partial charge in [-0.3, -0.25) is 9.59 Å². The summed E-state index contributed by atoms with van der Waals surface area (Å²) in [5.74, 6) is -2.30. The molecule has 2 N–H and O–H groups in total. The smallest absolute Gasteiger partial charge is 0.303 e. The van der Waals surface area contributed by atoms with Crippen molar-refractivity contribution < 1.29 is 23.1 Å². The Morgan fingerprint density at radius 2 is 1.85 bits per heavy atom. The zero-order valence-corrected chi connectivity index (χ0v) is 13.0. The van der Waals surface area contributed by atoms with Crippen LogP contribution in [0.1, 0.15) is 46.5 Å². The summed E-state index contributed by atoms with van der Waals surface area (Å²) >= 11 is 0. The molecule has 7 heteroatoms. The van der Waals surface area contributed by atoms with E-state index in [-0.39, 0.29) is 12.2 Å². The third-order valence-corrected chi connectivity index (χ3v) is 5.48. The van der Waals surface area contributed by atoms with Crippen molar-refractivity contribution in [3.63, 3.8) is 0 Å². The van der Waals surface area contributed by atoms with Gasteiger partial charge in [0.15, 0.2) is 9.84 Å². The van der Waals surface area contributed by atoms with Crippen LogP contribution >= 0.6 is 0 Å². The molecule has 1 amide bonds. The minimum absolute atomic E-state index is 0.145. The Balaban J connectivity index is 2.58. The summed E-state index contributed by atoms with van der Waals surface area (Å²) in [5, 5.41) is 11.5. The number of amides is 1. The van der Waals surface area contributed by atoms with Crippen molar-refractivity contribution in [2.45, 2.75) is 52.0 Å². The van der Waals surface area contributed by atoms with Gasteiger partial charge in [0.2, 0.25) is 5.91 Å². The Labute approximate surface area is 119 Å². The van der Waals surface area contributed by atoms with Gasteiger partial charge in [-0.1, -0.05) is 6.92 Å². The molecule has 1 aliphatic carbocycles. The molecule has 0 atom stereocenters. The van der Waals surface area contributed by atoms with E-state index >= 15 is 0 Å². The standard InChI is InChI=1S/C13H23NO5S/c1-4-12(2,3)14-10(15)8-20(18,19)9-13(5-6-13)7-11(16)17/h4-9H2,1-3H3,(H,14,15)(H,16,17). The first-order valence-electron chi connectivity index (χ1n) is 6.72. The molecule has 0 unspecified atom stereocenters. The molecule has 116 valence electrons. The molecule has 1 aliphatic rings. The SMILES string of the molecule is CCC(C)(C)NC(=O)CS(=O)(=O)CC1(CC(=O)O)CC1. The number of sulfone groups is 1. The molecule has 0 aliphatic heterocycles. The van der Waals surface area contributed by atoms with E-state index in [1.807, 2.05) is 20.8 Å². The van der Waals surface area contributed by atoms with Gasteiger partial charge in [-0.15, -0.1) is 0 Å². The van der Waals surface area contributed by atoms with E-state index in [1.54, 1.807) is 0 Å². The van der Waals surface area contributed by atoms with Crippen molar-refractivity contribution in [1.82, 2.24) is 5.32 Å². The molecule has 20 heavy (non-hydrogen) atoms. The van der Waals surface area contributed by atoms with E-state index in [1.165, 1.54) is 0 Å². The highest BCUT2D eigenvalue weighted by atomic mass is 32.2. The van der Waals surface area contributed by atoms with E-state index in [2.05, 4.69) is 5.32 Å². The molecule has 0 aromatic rings. The van der Waals surface area contributed by atoms with Gasteiger partial charge in [-0.2, -0.15) is 0 Å². The average Bonchev–Trinajstić information content (AvgIpc) is 2.92. The summed E-state index contributed by atoms with van der Waals surface area (Å²) in [7, 11) is -3.58. The lowest BCUT2D eigenvalue weighted by Gasteiger charge is -2.24. The van der Waals surface area contributed by atoms with Crippen LogP contribution in [0.3, 0.4) is 0 Å². The number of aliphatic carboxylic acids is 1. The summed E-state index contributed by atoms with van der Waals surface area (Å²) < 4.78 is 24.0. The zero-order chi connectivity index (χ0) is 15.6. The predicted molar refractivity (Wildman–Crippen MR) is 75.1 cm³/mol. The van der Waals surface area contributed by atoms with Gasteiger partial charge >= 0.3 is 5.97 Å². The number of hydrogen-bond acceptors (Lipinski definition) is 4. The number of hydrogen-bond donors (Lipinski definition) is 2. The van der Waals surface area contributed by atoms with Crippen LogP contribution in [-0.2, 0) is 19.4 Å². The Morgan fingerprint density at radius 1 is 1.30 bits per heavy atom. The van der Waals surface area contributed by atoms with Gasteiger partial charge in [-0.25, -0.2) is 8.42 Å². The maximum absolute atomic E-state index is 12.0. The molecular formula is C13H23NO5S. The van der Waals surface area contributed by atoms with E-state index in [0.717, 1.165) is 0 Å². The van der Waals surface area contributed by atoms with Gasteiger partial charge in [-0.05, 0) is 38.5 Å². The number of carboxylic acid groups (broad SMARTS) is 1. The van der Waals surface area contributed by atoms with Crippen LogP contribution in [0.2, 0.25) is 0 Å². The highest BCUT2D eigenvalue weighted by Crippen LogP contribution is 2.49. The van der Waals surface area contributed by atoms with Crippen LogP contribution in [-0.4, -0.2) is 42.4 Å². The Kier molecular flexibility index (Phi) is 4.84. The summed E-state index contributed by atoms with van der Waals surface area (Å²) in [6, 6.07) is 0.